The van der Waals surface area contributed by atoms with Gasteiger partial charge in [-0.3, -0.25) is 9.59 Å². The van der Waals surface area contributed by atoms with Crippen LogP contribution in [0.3, 0.4) is 0 Å². The van der Waals surface area contributed by atoms with E-state index in [4.69, 9.17) is 11.6 Å². The Morgan fingerprint density at radius 1 is 1.20 bits per heavy atom. The molecule has 1 aromatic carbocycles. The zero-order valence-corrected chi connectivity index (χ0v) is 13.1. The Morgan fingerprint density at radius 2 is 1.85 bits per heavy atom. The van der Waals surface area contributed by atoms with Crippen LogP contribution in [0.15, 0.2) is 18.2 Å². The molecule has 4 nitrogen and oxygen atoms in total. The molecule has 2 N–H and O–H groups in total. The zero-order chi connectivity index (χ0) is 15.3. The summed E-state index contributed by atoms with van der Waals surface area (Å²) in [6, 6.07) is 5.30. The standard InChI is InChI=1S/C15H21ClN2O2/c1-10-11(16)6-5-7-12(10)18-14(20)9-17-13(19)8-15(2,3)4/h5-7H,8-9H2,1-4H3,(H,17,19)(H,18,20). The topological polar surface area (TPSA) is 58.2 Å². The van der Waals surface area contributed by atoms with E-state index in [1.54, 1.807) is 18.2 Å². The molecule has 0 bridgehead atoms. The van der Waals surface area contributed by atoms with E-state index in [1.165, 1.54) is 0 Å². The molecule has 0 spiro atoms. The molecule has 1 rings (SSSR count). The van der Waals surface area contributed by atoms with E-state index in [-0.39, 0.29) is 23.8 Å². The van der Waals surface area contributed by atoms with Crippen LogP contribution in [0.5, 0.6) is 0 Å². The van der Waals surface area contributed by atoms with Gasteiger partial charge in [-0.25, -0.2) is 0 Å². The third-order valence-corrected chi connectivity index (χ3v) is 3.09. The van der Waals surface area contributed by atoms with Gasteiger partial charge in [-0.2, -0.15) is 0 Å². The van der Waals surface area contributed by atoms with Crippen LogP contribution < -0.4 is 10.6 Å². The quantitative estimate of drug-likeness (QED) is 0.897. The number of halogens is 1. The van der Waals surface area contributed by atoms with Crippen molar-refractivity contribution in [2.45, 2.75) is 34.1 Å². The molecule has 0 aliphatic rings. The van der Waals surface area contributed by atoms with Crippen LogP contribution in [0.1, 0.15) is 32.8 Å². The van der Waals surface area contributed by atoms with E-state index in [0.717, 1.165) is 5.56 Å². The molecular weight excluding hydrogens is 276 g/mol. The first-order valence-corrected chi connectivity index (χ1v) is 6.88. The van der Waals surface area contributed by atoms with Gasteiger partial charge in [-0.05, 0) is 30.0 Å². The number of nitrogens with one attached hydrogen (secondary N) is 2. The minimum atomic E-state index is -0.266. The van der Waals surface area contributed by atoms with Crippen molar-refractivity contribution >= 4 is 29.1 Å². The number of rotatable bonds is 4. The molecule has 0 unspecified atom stereocenters. The smallest absolute Gasteiger partial charge is 0.243 e. The predicted molar refractivity (Wildman–Crippen MR) is 81.9 cm³/mol. The van der Waals surface area contributed by atoms with Crippen LogP contribution in [-0.2, 0) is 9.59 Å². The number of carbonyl (C=O) groups excluding carboxylic acids is 2. The van der Waals surface area contributed by atoms with Crippen LogP contribution in [-0.4, -0.2) is 18.4 Å². The average molecular weight is 297 g/mol. The van der Waals surface area contributed by atoms with Crippen molar-refractivity contribution in [3.8, 4) is 0 Å². The lowest BCUT2D eigenvalue weighted by molar-refractivity contribution is -0.125. The second-order valence-electron chi connectivity index (χ2n) is 5.97. The molecule has 0 aliphatic heterocycles. The average Bonchev–Trinajstić information content (AvgIpc) is 2.30. The molecule has 0 radical (unpaired) electrons. The lowest BCUT2D eigenvalue weighted by Crippen LogP contribution is -2.34. The zero-order valence-electron chi connectivity index (χ0n) is 12.3. The van der Waals surface area contributed by atoms with Gasteiger partial charge in [0.15, 0.2) is 0 Å². The van der Waals surface area contributed by atoms with Crippen LogP contribution in [0.4, 0.5) is 5.69 Å². The second-order valence-corrected chi connectivity index (χ2v) is 6.38. The number of hydrogen-bond donors (Lipinski definition) is 2. The van der Waals surface area contributed by atoms with Gasteiger partial charge >= 0.3 is 0 Å². The monoisotopic (exact) mass is 296 g/mol. The minimum absolute atomic E-state index is 0.0408. The molecule has 0 saturated carbocycles. The van der Waals surface area contributed by atoms with E-state index >= 15 is 0 Å². The summed E-state index contributed by atoms with van der Waals surface area (Å²) in [6.45, 7) is 7.71. The molecule has 5 heteroatoms. The summed E-state index contributed by atoms with van der Waals surface area (Å²) in [7, 11) is 0. The number of carbonyl (C=O) groups is 2. The summed E-state index contributed by atoms with van der Waals surface area (Å²) in [5.74, 6) is -0.395. The minimum Gasteiger partial charge on any atom is -0.347 e. The fourth-order valence-electron chi connectivity index (χ4n) is 1.66. The third-order valence-electron chi connectivity index (χ3n) is 2.68. The van der Waals surface area contributed by atoms with Gasteiger partial charge in [-0.1, -0.05) is 38.4 Å². The number of amides is 2. The first kappa shape index (κ1) is 16.5. The van der Waals surface area contributed by atoms with E-state index in [9.17, 15) is 9.59 Å². The van der Waals surface area contributed by atoms with Crippen LogP contribution in [0.25, 0.3) is 0 Å². The molecule has 0 saturated heterocycles. The van der Waals surface area contributed by atoms with Crippen molar-refractivity contribution in [3.05, 3.63) is 28.8 Å². The maximum atomic E-state index is 11.8. The van der Waals surface area contributed by atoms with Gasteiger partial charge in [0, 0.05) is 17.1 Å². The molecule has 110 valence electrons. The van der Waals surface area contributed by atoms with Crippen molar-refractivity contribution in [1.29, 1.82) is 0 Å². The van der Waals surface area contributed by atoms with Crippen LogP contribution >= 0.6 is 11.6 Å². The summed E-state index contributed by atoms with van der Waals surface area (Å²) < 4.78 is 0. The fourth-order valence-corrected chi connectivity index (χ4v) is 1.83. The highest BCUT2D eigenvalue weighted by molar-refractivity contribution is 6.31. The van der Waals surface area contributed by atoms with Crippen LogP contribution in [0, 0.1) is 12.3 Å². The van der Waals surface area contributed by atoms with Crippen molar-refractivity contribution in [2.75, 3.05) is 11.9 Å². The van der Waals surface area contributed by atoms with E-state index in [0.29, 0.717) is 17.1 Å². The molecule has 0 fully saturated rings. The Labute approximate surface area is 124 Å². The van der Waals surface area contributed by atoms with E-state index in [1.807, 2.05) is 27.7 Å². The van der Waals surface area contributed by atoms with Crippen molar-refractivity contribution in [2.24, 2.45) is 5.41 Å². The van der Waals surface area contributed by atoms with Crippen molar-refractivity contribution in [3.63, 3.8) is 0 Å². The Balaban J connectivity index is 2.49. The van der Waals surface area contributed by atoms with E-state index < -0.39 is 0 Å². The van der Waals surface area contributed by atoms with Gasteiger partial charge in [-0.15, -0.1) is 0 Å². The van der Waals surface area contributed by atoms with Gasteiger partial charge < -0.3 is 10.6 Å². The number of anilines is 1. The Bertz CT molecular complexity index is 507. The lowest BCUT2D eigenvalue weighted by Gasteiger charge is -2.17. The third kappa shape index (κ3) is 5.61. The Kier molecular flexibility index (Phi) is 5.57. The molecule has 0 aromatic heterocycles. The summed E-state index contributed by atoms with van der Waals surface area (Å²) in [4.78, 5) is 23.4. The SMILES string of the molecule is Cc1c(Cl)cccc1NC(=O)CNC(=O)CC(C)(C)C. The number of hydrogen-bond acceptors (Lipinski definition) is 2. The molecule has 0 atom stereocenters. The highest BCUT2D eigenvalue weighted by Gasteiger charge is 2.16. The number of benzene rings is 1. The Hall–Kier alpha value is -1.55. The molecule has 0 heterocycles. The van der Waals surface area contributed by atoms with E-state index in [2.05, 4.69) is 10.6 Å². The maximum absolute atomic E-state index is 11.8. The molecule has 2 amide bonds. The summed E-state index contributed by atoms with van der Waals surface area (Å²) >= 11 is 5.98. The van der Waals surface area contributed by atoms with Gasteiger partial charge in [0.2, 0.25) is 11.8 Å². The molecular formula is C15H21ClN2O2. The van der Waals surface area contributed by atoms with Gasteiger partial charge in [0.25, 0.3) is 0 Å². The molecule has 1 aromatic rings. The molecule has 0 aliphatic carbocycles. The summed E-state index contributed by atoms with van der Waals surface area (Å²) in [6.07, 6.45) is 0.385. The summed E-state index contributed by atoms with van der Waals surface area (Å²) in [5.41, 5.74) is 1.38. The second kappa shape index (κ2) is 6.75. The normalized spacial score (nSPS) is 11.1. The maximum Gasteiger partial charge on any atom is 0.243 e. The highest BCUT2D eigenvalue weighted by atomic mass is 35.5. The first-order chi connectivity index (χ1) is 9.19. The lowest BCUT2D eigenvalue weighted by atomic mass is 9.92. The fraction of sp³-hybridized carbons (Fsp3) is 0.467. The van der Waals surface area contributed by atoms with Crippen molar-refractivity contribution < 1.29 is 9.59 Å². The van der Waals surface area contributed by atoms with Gasteiger partial charge in [0.05, 0.1) is 6.54 Å². The first-order valence-electron chi connectivity index (χ1n) is 6.51. The van der Waals surface area contributed by atoms with Crippen LogP contribution in [0.2, 0.25) is 5.02 Å². The Morgan fingerprint density at radius 3 is 2.45 bits per heavy atom. The largest absolute Gasteiger partial charge is 0.347 e. The van der Waals surface area contributed by atoms with Crippen molar-refractivity contribution in [1.82, 2.24) is 5.32 Å². The predicted octanol–water partition coefficient (Wildman–Crippen LogP) is 3.14. The van der Waals surface area contributed by atoms with Gasteiger partial charge in [0.1, 0.15) is 0 Å². The molecule has 20 heavy (non-hydrogen) atoms. The summed E-state index contributed by atoms with van der Waals surface area (Å²) in [5, 5.41) is 5.94. The highest BCUT2D eigenvalue weighted by Crippen LogP contribution is 2.22.